The number of rotatable bonds is 7. The van der Waals surface area contributed by atoms with Gasteiger partial charge in [0, 0.05) is 32.1 Å². The number of alkyl halides is 6. The van der Waals surface area contributed by atoms with Crippen LogP contribution >= 0.6 is 0 Å². The van der Waals surface area contributed by atoms with Crippen molar-refractivity contribution in [3.63, 3.8) is 0 Å². The largest absolute Gasteiger partial charge is 0.407 e. The first-order chi connectivity index (χ1) is 21.1. The van der Waals surface area contributed by atoms with Gasteiger partial charge in [-0.05, 0) is 24.0 Å². The number of aromatic nitrogens is 4. The molecule has 3 heterocycles. The molecule has 9 nitrogen and oxygen atoms in total. The van der Waals surface area contributed by atoms with Crippen LogP contribution in [0.1, 0.15) is 42.3 Å². The summed E-state index contributed by atoms with van der Waals surface area (Å²) in [5.74, 6) is -2.64. The minimum Gasteiger partial charge on any atom is -0.388 e. The summed E-state index contributed by atoms with van der Waals surface area (Å²) in [6.45, 7) is -0.191. The highest BCUT2D eigenvalue weighted by atomic mass is 19.4. The maximum absolute atomic E-state index is 13.8. The third kappa shape index (κ3) is 6.73. The minimum absolute atomic E-state index is 0.000843. The molecule has 3 N–H and O–H groups in total. The Kier molecular flexibility index (Phi) is 8.53. The summed E-state index contributed by atoms with van der Waals surface area (Å²) < 4.78 is 82.8. The second-order valence-corrected chi connectivity index (χ2v) is 11.3. The molecule has 1 aliphatic heterocycles. The number of hydrogen-bond donors (Lipinski definition) is 2. The Morgan fingerprint density at radius 1 is 0.956 bits per heavy atom. The SMILES string of the molecule is Cn1nc2c(=O)n(CC3(O)CCN(C(=O)C[C@H](c4ccccc4)C(F)(F)F)CC3)cnc2c1-c1ccc([C@@H](N)C(F)(F)F)cc1. The number of carbonyl (C=O) groups excluding carboxylic acids is 1. The molecular formula is C30H30F6N6O3. The third-order valence-electron chi connectivity index (χ3n) is 8.20. The number of likely N-dealkylation sites (tertiary alicyclic amines) is 1. The summed E-state index contributed by atoms with van der Waals surface area (Å²) in [5.41, 5.74) is 4.16. The number of benzene rings is 2. The van der Waals surface area contributed by atoms with E-state index < -0.39 is 47.8 Å². The van der Waals surface area contributed by atoms with Gasteiger partial charge in [-0.15, -0.1) is 0 Å². The lowest BCUT2D eigenvalue weighted by atomic mass is 9.90. The Balaban J connectivity index is 1.29. The highest BCUT2D eigenvalue weighted by molar-refractivity contribution is 5.89. The fourth-order valence-corrected chi connectivity index (χ4v) is 5.63. The third-order valence-corrected chi connectivity index (χ3v) is 8.20. The Bertz CT molecular complexity index is 1730. The van der Waals surface area contributed by atoms with Gasteiger partial charge in [-0.3, -0.25) is 18.8 Å². The molecule has 2 aromatic heterocycles. The number of nitrogens with zero attached hydrogens (tertiary/aromatic N) is 5. The van der Waals surface area contributed by atoms with Crippen molar-refractivity contribution in [1.82, 2.24) is 24.2 Å². The van der Waals surface area contributed by atoms with Crippen molar-refractivity contribution in [3.8, 4) is 11.3 Å². The zero-order chi connectivity index (χ0) is 32.7. The fraction of sp³-hybridized carbons (Fsp3) is 0.400. The van der Waals surface area contributed by atoms with Crippen LogP contribution in [0.3, 0.4) is 0 Å². The standard InChI is InChI=1S/C30H30F6N6O3/c1-40-25(19-7-9-20(10-8-19)26(37)30(34,35)36)23-24(39-40)27(44)42(17-38-23)16-28(45)11-13-41(14-12-28)22(43)15-21(29(31,32)33)18-5-3-2-4-6-18/h2-10,17,21,26,45H,11-16,37H2,1H3/t21-,26-/m1/s1. The van der Waals surface area contributed by atoms with Crippen LogP contribution in [-0.4, -0.2) is 66.3 Å². The average molecular weight is 637 g/mol. The first kappa shape index (κ1) is 32.2. The minimum atomic E-state index is -4.62. The highest BCUT2D eigenvalue weighted by Gasteiger charge is 2.43. The maximum Gasteiger partial charge on any atom is 0.407 e. The number of carbonyl (C=O) groups is 1. The van der Waals surface area contributed by atoms with Crippen molar-refractivity contribution in [1.29, 1.82) is 0 Å². The van der Waals surface area contributed by atoms with Gasteiger partial charge in [-0.25, -0.2) is 4.98 Å². The van der Waals surface area contributed by atoms with Crippen molar-refractivity contribution in [2.45, 2.75) is 55.7 Å². The van der Waals surface area contributed by atoms with Crippen molar-refractivity contribution in [2.24, 2.45) is 12.8 Å². The van der Waals surface area contributed by atoms with Gasteiger partial charge >= 0.3 is 12.4 Å². The molecule has 5 rings (SSSR count). The van der Waals surface area contributed by atoms with Gasteiger partial charge < -0.3 is 15.7 Å². The van der Waals surface area contributed by atoms with Crippen LogP contribution in [0.2, 0.25) is 0 Å². The first-order valence-corrected chi connectivity index (χ1v) is 14.0. The fourth-order valence-electron chi connectivity index (χ4n) is 5.63. The molecular weight excluding hydrogens is 606 g/mol. The Morgan fingerprint density at radius 3 is 2.16 bits per heavy atom. The number of nitrogens with two attached hydrogens (primary N) is 1. The van der Waals surface area contributed by atoms with Crippen LogP contribution in [0.25, 0.3) is 22.3 Å². The van der Waals surface area contributed by atoms with Crippen LogP contribution in [0.15, 0.2) is 65.7 Å². The monoisotopic (exact) mass is 636 g/mol. The molecule has 1 fully saturated rings. The number of hydrogen-bond acceptors (Lipinski definition) is 6. The molecule has 0 bridgehead atoms. The normalized spacial score (nSPS) is 17.0. The van der Waals surface area contributed by atoms with Crippen LogP contribution in [0.4, 0.5) is 26.3 Å². The van der Waals surface area contributed by atoms with Crippen LogP contribution in [0.5, 0.6) is 0 Å². The topological polar surface area (TPSA) is 119 Å². The molecule has 240 valence electrons. The van der Waals surface area contributed by atoms with E-state index in [1.54, 1.807) is 13.1 Å². The van der Waals surface area contributed by atoms with Crippen molar-refractivity contribution in [2.75, 3.05) is 13.1 Å². The molecule has 2 aromatic carbocycles. The molecule has 1 saturated heterocycles. The molecule has 0 unspecified atom stereocenters. The molecule has 0 spiro atoms. The number of fused-ring (bicyclic) bond motifs is 1. The van der Waals surface area contributed by atoms with E-state index in [0.29, 0.717) is 11.3 Å². The van der Waals surface area contributed by atoms with Gasteiger partial charge in [-0.1, -0.05) is 54.6 Å². The Morgan fingerprint density at radius 2 is 1.58 bits per heavy atom. The van der Waals surface area contributed by atoms with Crippen molar-refractivity contribution >= 4 is 16.9 Å². The van der Waals surface area contributed by atoms with E-state index in [2.05, 4.69) is 10.1 Å². The lowest BCUT2D eigenvalue weighted by Crippen LogP contribution is -2.50. The summed E-state index contributed by atoms with van der Waals surface area (Å²) in [4.78, 5) is 31.8. The van der Waals surface area contributed by atoms with Gasteiger partial charge in [0.15, 0.2) is 5.52 Å². The zero-order valence-corrected chi connectivity index (χ0v) is 24.0. The summed E-state index contributed by atoms with van der Waals surface area (Å²) in [7, 11) is 1.55. The predicted molar refractivity (Wildman–Crippen MR) is 152 cm³/mol. The average Bonchev–Trinajstić information content (AvgIpc) is 3.33. The lowest BCUT2D eigenvalue weighted by Gasteiger charge is -2.39. The highest BCUT2D eigenvalue weighted by Crippen LogP contribution is 2.38. The molecule has 0 saturated carbocycles. The van der Waals surface area contributed by atoms with E-state index >= 15 is 0 Å². The zero-order valence-electron chi connectivity index (χ0n) is 24.0. The molecule has 1 amide bonds. The van der Waals surface area contributed by atoms with E-state index in [4.69, 9.17) is 5.73 Å². The molecule has 1 aliphatic rings. The smallest absolute Gasteiger partial charge is 0.388 e. The molecule has 4 aromatic rings. The number of halogens is 6. The predicted octanol–water partition coefficient (Wildman–Crippen LogP) is 4.45. The summed E-state index contributed by atoms with van der Waals surface area (Å²) >= 11 is 0. The molecule has 45 heavy (non-hydrogen) atoms. The van der Waals surface area contributed by atoms with Crippen molar-refractivity contribution < 1.29 is 36.2 Å². The molecule has 2 atom stereocenters. The number of amides is 1. The second-order valence-electron chi connectivity index (χ2n) is 11.3. The Hall–Kier alpha value is -4.24. The summed E-state index contributed by atoms with van der Waals surface area (Å²) in [6.07, 6.45) is -8.72. The van der Waals surface area contributed by atoms with E-state index in [1.165, 1.54) is 69.0 Å². The first-order valence-electron chi connectivity index (χ1n) is 14.0. The molecule has 0 aliphatic carbocycles. The van der Waals surface area contributed by atoms with Gasteiger partial charge in [0.2, 0.25) is 5.91 Å². The van der Waals surface area contributed by atoms with Gasteiger partial charge in [-0.2, -0.15) is 31.4 Å². The maximum atomic E-state index is 13.8. The van der Waals surface area contributed by atoms with E-state index in [-0.39, 0.29) is 54.6 Å². The van der Waals surface area contributed by atoms with E-state index in [9.17, 15) is 41.0 Å². The summed E-state index contributed by atoms with van der Waals surface area (Å²) in [6, 6.07) is 10.4. The van der Waals surface area contributed by atoms with Crippen LogP contribution < -0.4 is 11.3 Å². The quantitative estimate of drug-likeness (QED) is 0.290. The van der Waals surface area contributed by atoms with Crippen molar-refractivity contribution in [3.05, 3.63) is 82.4 Å². The molecule has 0 radical (unpaired) electrons. The van der Waals surface area contributed by atoms with Gasteiger partial charge in [0.1, 0.15) is 11.6 Å². The summed E-state index contributed by atoms with van der Waals surface area (Å²) in [5, 5.41) is 15.5. The second kappa shape index (κ2) is 11.9. The number of aliphatic hydroxyl groups is 1. The lowest BCUT2D eigenvalue weighted by molar-refractivity contribution is -0.162. The van der Waals surface area contributed by atoms with Crippen LogP contribution in [-0.2, 0) is 18.4 Å². The molecule has 15 heteroatoms. The number of piperidine rings is 1. The van der Waals surface area contributed by atoms with Gasteiger partial charge in [0.25, 0.3) is 5.56 Å². The van der Waals surface area contributed by atoms with Gasteiger partial charge in [0.05, 0.1) is 30.1 Å². The number of aryl methyl sites for hydroxylation is 1. The van der Waals surface area contributed by atoms with E-state index in [1.807, 2.05) is 0 Å². The van der Waals surface area contributed by atoms with E-state index in [0.717, 1.165) is 0 Å². The Labute approximate surface area is 252 Å². The van der Waals surface area contributed by atoms with Crippen LogP contribution in [0, 0.1) is 0 Å².